The largest absolute Gasteiger partial charge is 0.491 e. The molecule has 1 aliphatic rings. The molecule has 5 heteroatoms. The molecule has 0 aromatic heterocycles. The Kier molecular flexibility index (Phi) is 5.29. The van der Waals surface area contributed by atoms with E-state index in [4.69, 9.17) is 4.74 Å². The number of aryl methyl sites for hydroxylation is 1. The molecular formula is C17H26N2O3. The zero-order valence-corrected chi connectivity index (χ0v) is 13.6. The highest BCUT2D eigenvalue weighted by molar-refractivity contribution is 5.74. The summed E-state index contributed by atoms with van der Waals surface area (Å²) >= 11 is 0. The average Bonchev–Trinajstić information content (AvgIpc) is 2.41. The highest BCUT2D eigenvalue weighted by Gasteiger charge is 2.34. The number of rotatable bonds is 6. The van der Waals surface area contributed by atoms with Crippen LogP contribution in [0.15, 0.2) is 18.2 Å². The van der Waals surface area contributed by atoms with E-state index in [9.17, 15) is 9.90 Å². The summed E-state index contributed by atoms with van der Waals surface area (Å²) in [7, 11) is 0. The standard InChI is InChI=1S/C17H26N2O3/c1-12(2)22-15-9-13(3)5-6-14(15)10-18-16(20)19-11-17(21)7-4-8-17/h5-6,9,12,21H,4,7-8,10-11H2,1-3H3,(H2,18,19,20). The van der Waals surface area contributed by atoms with Crippen LogP contribution in [-0.4, -0.2) is 29.4 Å². The fraction of sp³-hybridized carbons (Fsp3) is 0.588. The van der Waals surface area contributed by atoms with Gasteiger partial charge in [-0.3, -0.25) is 0 Å². The SMILES string of the molecule is Cc1ccc(CNC(=O)NCC2(O)CCC2)c(OC(C)C)c1. The third-order valence-corrected chi connectivity index (χ3v) is 3.89. The predicted octanol–water partition coefficient (Wildman–Crippen LogP) is 2.50. The summed E-state index contributed by atoms with van der Waals surface area (Å²) in [6, 6.07) is 5.68. The maximum absolute atomic E-state index is 11.8. The number of carbonyl (C=O) groups excluding carboxylic acids is 1. The van der Waals surface area contributed by atoms with Crippen molar-refractivity contribution in [1.82, 2.24) is 10.6 Å². The molecule has 3 N–H and O–H groups in total. The first-order valence-corrected chi connectivity index (χ1v) is 7.88. The molecule has 0 spiro atoms. The molecule has 0 radical (unpaired) electrons. The molecule has 0 atom stereocenters. The third kappa shape index (κ3) is 4.63. The second kappa shape index (κ2) is 7.01. The monoisotopic (exact) mass is 306 g/mol. The Morgan fingerprint density at radius 1 is 1.36 bits per heavy atom. The van der Waals surface area contributed by atoms with Crippen molar-refractivity contribution in [2.24, 2.45) is 0 Å². The van der Waals surface area contributed by atoms with Crippen LogP contribution in [0.2, 0.25) is 0 Å². The lowest BCUT2D eigenvalue weighted by Gasteiger charge is -2.36. The first-order chi connectivity index (χ1) is 10.4. The topological polar surface area (TPSA) is 70.6 Å². The Morgan fingerprint density at radius 3 is 2.68 bits per heavy atom. The molecular weight excluding hydrogens is 280 g/mol. The fourth-order valence-electron chi connectivity index (χ4n) is 2.42. The van der Waals surface area contributed by atoms with Gasteiger partial charge in [-0.1, -0.05) is 12.1 Å². The van der Waals surface area contributed by atoms with E-state index >= 15 is 0 Å². The van der Waals surface area contributed by atoms with Crippen molar-refractivity contribution in [2.45, 2.75) is 58.3 Å². The number of nitrogens with one attached hydrogen (secondary N) is 2. The van der Waals surface area contributed by atoms with Crippen molar-refractivity contribution >= 4 is 6.03 Å². The molecule has 0 unspecified atom stereocenters. The summed E-state index contributed by atoms with van der Waals surface area (Å²) in [6.45, 7) is 6.67. The molecule has 2 rings (SSSR count). The highest BCUT2D eigenvalue weighted by atomic mass is 16.5. The molecule has 0 aliphatic heterocycles. The van der Waals surface area contributed by atoms with Crippen LogP contribution in [0.3, 0.4) is 0 Å². The van der Waals surface area contributed by atoms with Gasteiger partial charge in [0.1, 0.15) is 5.75 Å². The van der Waals surface area contributed by atoms with Gasteiger partial charge in [0.05, 0.1) is 11.7 Å². The van der Waals surface area contributed by atoms with Crippen LogP contribution in [0.25, 0.3) is 0 Å². The van der Waals surface area contributed by atoms with Crippen molar-refractivity contribution in [3.05, 3.63) is 29.3 Å². The number of urea groups is 1. The molecule has 2 amide bonds. The molecule has 0 saturated heterocycles. The zero-order chi connectivity index (χ0) is 16.2. The second-order valence-electron chi connectivity index (χ2n) is 6.39. The van der Waals surface area contributed by atoms with E-state index in [1.54, 1.807) is 0 Å². The number of amides is 2. The van der Waals surface area contributed by atoms with Gasteiger partial charge >= 0.3 is 6.03 Å². The van der Waals surface area contributed by atoms with Crippen molar-refractivity contribution < 1.29 is 14.6 Å². The first-order valence-electron chi connectivity index (χ1n) is 7.88. The van der Waals surface area contributed by atoms with Crippen LogP contribution in [0.5, 0.6) is 5.75 Å². The van der Waals surface area contributed by atoms with E-state index in [0.717, 1.165) is 36.1 Å². The molecule has 1 aromatic carbocycles. The lowest BCUT2D eigenvalue weighted by Crippen LogP contribution is -2.49. The zero-order valence-electron chi connectivity index (χ0n) is 13.6. The fourth-order valence-corrected chi connectivity index (χ4v) is 2.42. The van der Waals surface area contributed by atoms with Gasteiger partial charge in [-0.2, -0.15) is 0 Å². The van der Waals surface area contributed by atoms with Crippen molar-refractivity contribution in [2.75, 3.05) is 6.54 Å². The Bertz CT molecular complexity index is 525. The summed E-state index contributed by atoms with van der Waals surface area (Å²) in [5.74, 6) is 0.799. The van der Waals surface area contributed by atoms with E-state index in [-0.39, 0.29) is 12.1 Å². The van der Waals surface area contributed by atoms with Gasteiger partial charge in [-0.05, 0) is 51.7 Å². The first kappa shape index (κ1) is 16.6. The summed E-state index contributed by atoms with van der Waals surface area (Å²) < 4.78 is 5.79. The van der Waals surface area contributed by atoms with Crippen molar-refractivity contribution in [3.8, 4) is 5.75 Å². The third-order valence-electron chi connectivity index (χ3n) is 3.89. The smallest absolute Gasteiger partial charge is 0.315 e. The minimum atomic E-state index is -0.701. The molecule has 22 heavy (non-hydrogen) atoms. The van der Waals surface area contributed by atoms with Crippen LogP contribution < -0.4 is 15.4 Å². The average molecular weight is 306 g/mol. The minimum absolute atomic E-state index is 0.0854. The van der Waals surface area contributed by atoms with Crippen LogP contribution in [0, 0.1) is 6.92 Å². The number of carbonyl (C=O) groups is 1. The lowest BCUT2D eigenvalue weighted by atomic mass is 9.80. The highest BCUT2D eigenvalue weighted by Crippen LogP contribution is 2.30. The Balaban J connectivity index is 1.86. The van der Waals surface area contributed by atoms with Crippen molar-refractivity contribution in [3.63, 3.8) is 0 Å². The van der Waals surface area contributed by atoms with E-state index in [2.05, 4.69) is 10.6 Å². The van der Waals surface area contributed by atoms with Crippen LogP contribution in [-0.2, 0) is 6.54 Å². The quantitative estimate of drug-likeness (QED) is 0.756. The number of benzene rings is 1. The predicted molar refractivity (Wildman–Crippen MR) is 86.0 cm³/mol. The number of hydrogen-bond donors (Lipinski definition) is 3. The maximum Gasteiger partial charge on any atom is 0.315 e. The van der Waals surface area contributed by atoms with E-state index in [1.165, 1.54) is 0 Å². The van der Waals surface area contributed by atoms with E-state index in [1.807, 2.05) is 39.0 Å². The van der Waals surface area contributed by atoms with Gasteiger partial charge in [0.2, 0.25) is 0 Å². The van der Waals surface area contributed by atoms with Crippen molar-refractivity contribution in [1.29, 1.82) is 0 Å². The summed E-state index contributed by atoms with van der Waals surface area (Å²) in [4.78, 5) is 11.8. The summed E-state index contributed by atoms with van der Waals surface area (Å²) in [6.07, 6.45) is 2.64. The van der Waals surface area contributed by atoms with Gasteiger partial charge in [0, 0.05) is 18.7 Å². The second-order valence-corrected chi connectivity index (χ2v) is 6.39. The van der Waals surface area contributed by atoms with Crippen LogP contribution in [0.1, 0.15) is 44.2 Å². The van der Waals surface area contributed by atoms with Crippen LogP contribution in [0.4, 0.5) is 4.79 Å². The number of ether oxygens (including phenoxy) is 1. The molecule has 1 aliphatic carbocycles. The maximum atomic E-state index is 11.8. The molecule has 1 fully saturated rings. The molecule has 1 aromatic rings. The number of aliphatic hydroxyl groups is 1. The lowest BCUT2D eigenvalue weighted by molar-refractivity contribution is -0.0290. The Morgan fingerprint density at radius 2 is 2.09 bits per heavy atom. The van der Waals surface area contributed by atoms with Gasteiger partial charge < -0.3 is 20.5 Å². The Hall–Kier alpha value is -1.75. The molecule has 122 valence electrons. The van der Waals surface area contributed by atoms with Crippen LogP contribution >= 0.6 is 0 Å². The Labute approximate surface area is 132 Å². The summed E-state index contributed by atoms with van der Waals surface area (Å²) in [5, 5.41) is 15.5. The minimum Gasteiger partial charge on any atom is -0.491 e. The normalized spacial score (nSPS) is 16.0. The molecule has 0 heterocycles. The van der Waals surface area contributed by atoms with E-state index in [0.29, 0.717) is 13.1 Å². The molecule has 5 nitrogen and oxygen atoms in total. The van der Waals surface area contributed by atoms with Gasteiger partial charge in [0.25, 0.3) is 0 Å². The van der Waals surface area contributed by atoms with Gasteiger partial charge in [-0.15, -0.1) is 0 Å². The van der Waals surface area contributed by atoms with Gasteiger partial charge in [0.15, 0.2) is 0 Å². The van der Waals surface area contributed by atoms with E-state index < -0.39 is 5.60 Å². The summed E-state index contributed by atoms with van der Waals surface area (Å²) in [5.41, 5.74) is 1.36. The molecule has 1 saturated carbocycles. The van der Waals surface area contributed by atoms with Gasteiger partial charge in [-0.25, -0.2) is 4.79 Å². The molecule has 0 bridgehead atoms. The number of hydrogen-bond acceptors (Lipinski definition) is 3.